The molecule has 1 aliphatic carbocycles. The first-order valence-corrected chi connectivity index (χ1v) is 7.37. The molecule has 1 spiro atoms. The van der Waals surface area contributed by atoms with Gasteiger partial charge in [0, 0.05) is 30.8 Å². The fourth-order valence-electron chi connectivity index (χ4n) is 3.13. The van der Waals surface area contributed by atoms with Crippen LogP contribution in [0.3, 0.4) is 0 Å². The fraction of sp³-hybridized carbons (Fsp3) is 0.571. The number of nitrogens with one attached hydrogen (secondary N) is 2. The van der Waals surface area contributed by atoms with E-state index in [1.54, 1.807) is 6.33 Å². The predicted octanol–water partition coefficient (Wildman–Crippen LogP) is 0.532. The van der Waals surface area contributed by atoms with Gasteiger partial charge in [0.05, 0.1) is 0 Å². The van der Waals surface area contributed by atoms with Crippen LogP contribution >= 0.6 is 0 Å². The topological polar surface area (TPSA) is 87.2 Å². The molecule has 3 heterocycles. The third-order valence-corrected chi connectivity index (χ3v) is 4.62. The SMILES string of the molecule is O=C1NC(=O)C2(CCN(c3cc(C4CC4)ncn3)CC2)N1. The number of hydrogen-bond donors (Lipinski definition) is 2. The summed E-state index contributed by atoms with van der Waals surface area (Å²) in [6, 6.07) is 1.68. The monoisotopic (exact) mass is 287 g/mol. The third-order valence-electron chi connectivity index (χ3n) is 4.62. The summed E-state index contributed by atoms with van der Waals surface area (Å²) in [5, 5.41) is 5.10. The van der Waals surface area contributed by atoms with Crippen molar-refractivity contribution in [3.05, 3.63) is 18.1 Å². The molecule has 110 valence electrons. The van der Waals surface area contributed by atoms with Crippen molar-refractivity contribution in [2.75, 3.05) is 18.0 Å². The van der Waals surface area contributed by atoms with Gasteiger partial charge in [-0.2, -0.15) is 0 Å². The van der Waals surface area contributed by atoms with Gasteiger partial charge in [0.1, 0.15) is 17.7 Å². The first-order chi connectivity index (χ1) is 10.2. The number of rotatable bonds is 2. The molecule has 21 heavy (non-hydrogen) atoms. The summed E-state index contributed by atoms with van der Waals surface area (Å²) in [6.07, 6.45) is 5.26. The Bertz CT molecular complexity index is 605. The van der Waals surface area contributed by atoms with Gasteiger partial charge in [-0.15, -0.1) is 0 Å². The van der Waals surface area contributed by atoms with Gasteiger partial charge in [-0.1, -0.05) is 0 Å². The first kappa shape index (κ1) is 12.6. The maximum absolute atomic E-state index is 11.9. The van der Waals surface area contributed by atoms with E-state index in [4.69, 9.17) is 0 Å². The molecule has 1 saturated carbocycles. The summed E-state index contributed by atoms with van der Waals surface area (Å²) in [5.41, 5.74) is 0.395. The highest BCUT2D eigenvalue weighted by Crippen LogP contribution is 2.39. The summed E-state index contributed by atoms with van der Waals surface area (Å²) >= 11 is 0. The van der Waals surface area contributed by atoms with E-state index >= 15 is 0 Å². The number of piperidine rings is 1. The Morgan fingerprint density at radius 1 is 1.19 bits per heavy atom. The molecule has 2 N–H and O–H groups in total. The number of carbonyl (C=O) groups excluding carboxylic acids is 2. The van der Waals surface area contributed by atoms with Crippen molar-refractivity contribution in [1.29, 1.82) is 0 Å². The second kappa shape index (κ2) is 4.41. The highest BCUT2D eigenvalue weighted by Gasteiger charge is 2.48. The molecule has 0 atom stereocenters. The van der Waals surface area contributed by atoms with Gasteiger partial charge in [-0.05, 0) is 25.7 Å². The third kappa shape index (κ3) is 2.12. The van der Waals surface area contributed by atoms with Crippen LogP contribution in [-0.4, -0.2) is 40.5 Å². The maximum Gasteiger partial charge on any atom is 0.322 e. The van der Waals surface area contributed by atoms with Crippen LogP contribution in [0.5, 0.6) is 0 Å². The highest BCUT2D eigenvalue weighted by molar-refractivity contribution is 6.07. The second-order valence-electron chi connectivity index (χ2n) is 6.05. The van der Waals surface area contributed by atoms with Gasteiger partial charge in [0.2, 0.25) is 0 Å². The molecule has 0 radical (unpaired) electrons. The number of imide groups is 1. The number of urea groups is 1. The standard InChI is InChI=1S/C14H17N5O2/c20-12-14(18-13(21)17-12)3-5-19(6-4-14)11-7-10(9-1-2-9)15-8-16-11/h7-9H,1-6H2,(H2,17,18,20,21). The van der Waals surface area contributed by atoms with E-state index in [1.807, 2.05) is 0 Å². The highest BCUT2D eigenvalue weighted by atomic mass is 16.2. The van der Waals surface area contributed by atoms with E-state index in [-0.39, 0.29) is 11.9 Å². The molecule has 1 aromatic rings. The lowest BCUT2D eigenvalue weighted by atomic mass is 9.88. The van der Waals surface area contributed by atoms with Gasteiger partial charge in [0.25, 0.3) is 5.91 Å². The van der Waals surface area contributed by atoms with Gasteiger partial charge >= 0.3 is 6.03 Å². The molecular weight excluding hydrogens is 270 g/mol. The largest absolute Gasteiger partial charge is 0.356 e. The van der Waals surface area contributed by atoms with Crippen molar-refractivity contribution in [3.8, 4) is 0 Å². The maximum atomic E-state index is 11.9. The van der Waals surface area contributed by atoms with Crippen molar-refractivity contribution >= 4 is 17.8 Å². The molecule has 0 bridgehead atoms. The van der Waals surface area contributed by atoms with E-state index in [0.717, 1.165) is 11.5 Å². The summed E-state index contributed by atoms with van der Waals surface area (Å²) in [7, 11) is 0. The average molecular weight is 287 g/mol. The van der Waals surface area contributed by atoms with E-state index in [1.165, 1.54) is 12.8 Å². The van der Waals surface area contributed by atoms with Crippen molar-refractivity contribution in [2.24, 2.45) is 0 Å². The zero-order chi connectivity index (χ0) is 14.4. The van der Waals surface area contributed by atoms with Crippen molar-refractivity contribution < 1.29 is 9.59 Å². The van der Waals surface area contributed by atoms with Gasteiger partial charge in [-0.25, -0.2) is 14.8 Å². The summed E-state index contributed by atoms with van der Waals surface area (Å²) in [5.74, 6) is 1.32. The molecule has 1 aromatic heterocycles. The minimum atomic E-state index is -0.722. The lowest BCUT2D eigenvalue weighted by Crippen LogP contribution is -2.55. The van der Waals surface area contributed by atoms with E-state index in [0.29, 0.717) is 31.8 Å². The number of anilines is 1. The number of aromatic nitrogens is 2. The van der Waals surface area contributed by atoms with Crippen LogP contribution in [-0.2, 0) is 4.79 Å². The minimum Gasteiger partial charge on any atom is -0.356 e. The molecule has 2 aliphatic heterocycles. The summed E-state index contributed by atoms with van der Waals surface area (Å²) in [6.45, 7) is 1.41. The second-order valence-corrected chi connectivity index (χ2v) is 6.05. The summed E-state index contributed by atoms with van der Waals surface area (Å²) < 4.78 is 0. The van der Waals surface area contributed by atoms with Gasteiger partial charge < -0.3 is 10.2 Å². The van der Waals surface area contributed by atoms with E-state index in [9.17, 15) is 9.59 Å². The Balaban J connectivity index is 1.49. The van der Waals surface area contributed by atoms with Crippen molar-refractivity contribution in [3.63, 3.8) is 0 Å². The average Bonchev–Trinajstić information content (AvgIpc) is 3.29. The zero-order valence-electron chi connectivity index (χ0n) is 11.6. The van der Waals surface area contributed by atoms with Crippen LogP contribution in [0.4, 0.5) is 10.6 Å². The van der Waals surface area contributed by atoms with Crippen LogP contribution in [0, 0.1) is 0 Å². The van der Waals surface area contributed by atoms with Crippen molar-refractivity contribution in [2.45, 2.75) is 37.1 Å². The molecule has 3 fully saturated rings. The Morgan fingerprint density at radius 2 is 1.95 bits per heavy atom. The Kier molecular flexibility index (Phi) is 2.63. The van der Waals surface area contributed by atoms with Crippen LogP contribution in [0.1, 0.15) is 37.3 Å². The lowest BCUT2D eigenvalue weighted by Gasteiger charge is -2.37. The number of amides is 3. The molecule has 2 saturated heterocycles. The minimum absolute atomic E-state index is 0.200. The predicted molar refractivity (Wildman–Crippen MR) is 74.9 cm³/mol. The Labute approximate surface area is 122 Å². The smallest absolute Gasteiger partial charge is 0.322 e. The van der Waals surface area contributed by atoms with E-state index < -0.39 is 5.54 Å². The molecule has 0 unspecified atom stereocenters. The lowest BCUT2D eigenvalue weighted by molar-refractivity contribution is -0.124. The van der Waals surface area contributed by atoms with E-state index in [2.05, 4.69) is 31.6 Å². The first-order valence-electron chi connectivity index (χ1n) is 7.37. The van der Waals surface area contributed by atoms with Crippen molar-refractivity contribution in [1.82, 2.24) is 20.6 Å². The molecule has 3 amide bonds. The molecule has 3 aliphatic rings. The molecule has 4 rings (SSSR count). The number of nitrogens with zero attached hydrogens (tertiary/aromatic N) is 3. The zero-order valence-corrected chi connectivity index (χ0v) is 11.6. The molecule has 7 heteroatoms. The molecule has 0 aromatic carbocycles. The fourth-order valence-corrected chi connectivity index (χ4v) is 3.13. The Hall–Kier alpha value is -2.18. The normalized spacial score (nSPS) is 24.1. The van der Waals surface area contributed by atoms with Crippen LogP contribution in [0.15, 0.2) is 12.4 Å². The van der Waals surface area contributed by atoms with Gasteiger partial charge in [0.15, 0.2) is 0 Å². The van der Waals surface area contributed by atoms with Crippen LogP contribution in [0.25, 0.3) is 0 Å². The number of hydrogen-bond acceptors (Lipinski definition) is 5. The molecular formula is C14H17N5O2. The quantitative estimate of drug-likeness (QED) is 0.775. The molecule has 7 nitrogen and oxygen atoms in total. The number of carbonyl (C=O) groups is 2. The van der Waals surface area contributed by atoms with Gasteiger partial charge in [-0.3, -0.25) is 10.1 Å². The van der Waals surface area contributed by atoms with Crippen LogP contribution < -0.4 is 15.5 Å². The van der Waals surface area contributed by atoms with Crippen LogP contribution in [0.2, 0.25) is 0 Å². The summed E-state index contributed by atoms with van der Waals surface area (Å²) in [4.78, 5) is 34.1. The Morgan fingerprint density at radius 3 is 2.57 bits per heavy atom.